The Bertz CT molecular complexity index is 846. The van der Waals surface area contributed by atoms with Crippen LogP contribution in [0.15, 0.2) is 53.4 Å². The molecule has 0 unspecified atom stereocenters. The van der Waals surface area contributed by atoms with Crippen molar-refractivity contribution in [3.05, 3.63) is 59.7 Å². The maximum absolute atomic E-state index is 12.2. The van der Waals surface area contributed by atoms with E-state index in [9.17, 15) is 13.2 Å². The minimum atomic E-state index is -3.96. The number of sulfonamides is 1. The van der Waals surface area contributed by atoms with Crippen molar-refractivity contribution >= 4 is 16.1 Å². The third-order valence-electron chi connectivity index (χ3n) is 3.70. The van der Waals surface area contributed by atoms with Crippen molar-refractivity contribution in [3.8, 4) is 5.75 Å². The molecule has 3 rings (SSSR count). The minimum Gasteiger partial charge on any atom is -0.493 e. The molecule has 1 aliphatic rings. The summed E-state index contributed by atoms with van der Waals surface area (Å²) in [5.74, 6) is 0.642. The molecule has 6 nitrogen and oxygen atoms in total. The molecule has 0 saturated carbocycles. The Morgan fingerprint density at radius 1 is 1.17 bits per heavy atom. The van der Waals surface area contributed by atoms with E-state index in [-0.39, 0.29) is 4.90 Å². The lowest BCUT2D eigenvalue weighted by Gasteiger charge is -2.25. The van der Waals surface area contributed by atoms with Gasteiger partial charge in [0.05, 0.1) is 11.5 Å². The molecule has 0 fully saturated rings. The molecule has 0 aliphatic carbocycles. The Labute approximate surface area is 140 Å². The van der Waals surface area contributed by atoms with E-state index in [1.54, 1.807) is 24.3 Å². The summed E-state index contributed by atoms with van der Waals surface area (Å²) in [6, 6.07) is 13.4. The molecule has 0 aromatic heterocycles. The molecule has 1 atom stereocenters. The smallest absolute Gasteiger partial charge is 0.421 e. The molecule has 7 heteroatoms. The zero-order valence-corrected chi connectivity index (χ0v) is 13.9. The van der Waals surface area contributed by atoms with Crippen LogP contribution in [0, 0.1) is 6.92 Å². The van der Waals surface area contributed by atoms with E-state index in [0.717, 1.165) is 11.1 Å². The average molecular weight is 347 g/mol. The van der Waals surface area contributed by atoms with Gasteiger partial charge in [0.25, 0.3) is 10.0 Å². The van der Waals surface area contributed by atoms with Crippen LogP contribution in [0.2, 0.25) is 0 Å². The summed E-state index contributed by atoms with van der Waals surface area (Å²) in [6.07, 6.45) is -1.07. The number of para-hydroxylation sites is 1. The Balaban J connectivity index is 1.71. The van der Waals surface area contributed by atoms with Crippen LogP contribution in [0.1, 0.15) is 23.7 Å². The van der Waals surface area contributed by atoms with Crippen molar-refractivity contribution < 1.29 is 22.7 Å². The van der Waals surface area contributed by atoms with Crippen LogP contribution in [0.3, 0.4) is 0 Å². The highest BCUT2D eigenvalue weighted by molar-refractivity contribution is 7.90. The molecule has 2 aromatic carbocycles. The van der Waals surface area contributed by atoms with E-state index in [1.807, 2.05) is 23.8 Å². The summed E-state index contributed by atoms with van der Waals surface area (Å²) in [7, 11) is -3.96. The van der Waals surface area contributed by atoms with Crippen molar-refractivity contribution in [3.63, 3.8) is 0 Å². The molecule has 0 spiro atoms. The van der Waals surface area contributed by atoms with Gasteiger partial charge in [0.2, 0.25) is 0 Å². The van der Waals surface area contributed by atoms with Gasteiger partial charge >= 0.3 is 6.09 Å². The first-order chi connectivity index (χ1) is 11.5. The number of ether oxygens (including phenoxy) is 2. The maximum atomic E-state index is 12.2. The van der Waals surface area contributed by atoms with Gasteiger partial charge in [-0.05, 0) is 25.1 Å². The lowest BCUT2D eigenvalue weighted by atomic mass is 10.0. The molecule has 1 N–H and O–H groups in total. The number of amides is 1. The SMILES string of the molecule is Cc1ccc(S(=O)(=O)NC(=O)O[C@@H]2CCOc3ccccc32)cc1. The fraction of sp³-hybridized carbons (Fsp3) is 0.235. The van der Waals surface area contributed by atoms with Crippen LogP contribution in [-0.4, -0.2) is 21.1 Å². The van der Waals surface area contributed by atoms with E-state index >= 15 is 0 Å². The first-order valence-corrected chi connectivity index (χ1v) is 8.96. The average Bonchev–Trinajstić information content (AvgIpc) is 2.55. The minimum absolute atomic E-state index is 0.0115. The standard InChI is InChI=1S/C17H17NO5S/c1-12-6-8-13(9-7-12)24(20,21)18-17(19)23-16-10-11-22-15-5-3-2-4-14(15)16/h2-9,16H,10-11H2,1H3,(H,18,19)/t16-/m1/s1. The number of rotatable bonds is 3. The lowest BCUT2D eigenvalue weighted by Crippen LogP contribution is -2.33. The Hall–Kier alpha value is -2.54. The molecular weight excluding hydrogens is 330 g/mol. The third-order valence-corrected chi connectivity index (χ3v) is 5.03. The fourth-order valence-corrected chi connectivity index (χ4v) is 3.35. The number of carbonyl (C=O) groups excluding carboxylic acids is 1. The summed E-state index contributed by atoms with van der Waals surface area (Å²) in [6.45, 7) is 2.25. The maximum Gasteiger partial charge on any atom is 0.421 e. The summed E-state index contributed by atoms with van der Waals surface area (Å²) >= 11 is 0. The molecule has 1 heterocycles. The zero-order chi connectivity index (χ0) is 17.2. The van der Waals surface area contributed by atoms with Crippen LogP contribution in [0.5, 0.6) is 5.75 Å². The number of hydrogen-bond donors (Lipinski definition) is 1. The second-order valence-corrected chi connectivity index (χ2v) is 7.17. The number of aryl methyl sites for hydroxylation is 1. The fourth-order valence-electron chi connectivity index (χ4n) is 2.47. The van der Waals surface area contributed by atoms with Gasteiger partial charge in [0, 0.05) is 12.0 Å². The Kier molecular flexibility index (Phi) is 4.44. The summed E-state index contributed by atoms with van der Waals surface area (Å²) in [5, 5.41) is 0. The highest BCUT2D eigenvalue weighted by Crippen LogP contribution is 2.34. The van der Waals surface area contributed by atoms with Gasteiger partial charge in [-0.3, -0.25) is 0 Å². The lowest BCUT2D eigenvalue weighted by molar-refractivity contribution is 0.0737. The monoisotopic (exact) mass is 347 g/mol. The number of carbonyl (C=O) groups is 1. The van der Waals surface area contributed by atoms with E-state index in [1.165, 1.54) is 12.1 Å². The Morgan fingerprint density at radius 3 is 2.62 bits per heavy atom. The quantitative estimate of drug-likeness (QED) is 0.923. The van der Waals surface area contributed by atoms with E-state index < -0.39 is 22.2 Å². The summed E-state index contributed by atoms with van der Waals surface area (Å²) in [4.78, 5) is 12.0. The molecule has 0 radical (unpaired) electrons. The highest BCUT2D eigenvalue weighted by atomic mass is 32.2. The van der Waals surface area contributed by atoms with Gasteiger partial charge in [0.15, 0.2) is 0 Å². The number of benzene rings is 2. The third kappa shape index (κ3) is 3.51. The highest BCUT2D eigenvalue weighted by Gasteiger charge is 2.26. The topological polar surface area (TPSA) is 81.7 Å². The van der Waals surface area contributed by atoms with Gasteiger partial charge < -0.3 is 9.47 Å². The molecular formula is C17H17NO5S. The number of hydrogen-bond acceptors (Lipinski definition) is 5. The summed E-state index contributed by atoms with van der Waals surface area (Å²) in [5.41, 5.74) is 1.65. The van der Waals surface area contributed by atoms with Gasteiger partial charge in [-0.1, -0.05) is 35.9 Å². The van der Waals surface area contributed by atoms with Crippen LogP contribution in [0.25, 0.3) is 0 Å². The van der Waals surface area contributed by atoms with E-state index in [2.05, 4.69) is 0 Å². The molecule has 1 aliphatic heterocycles. The molecule has 1 amide bonds. The molecule has 0 bridgehead atoms. The number of nitrogens with one attached hydrogen (secondary N) is 1. The largest absolute Gasteiger partial charge is 0.493 e. The normalized spacial score (nSPS) is 16.6. The first kappa shape index (κ1) is 16.3. The molecule has 126 valence electrons. The van der Waals surface area contributed by atoms with Crippen LogP contribution in [0.4, 0.5) is 4.79 Å². The first-order valence-electron chi connectivity index (χ1n) is 7.47. The van der Waals surface area contributed by atoms with E-state index in [0.29, 0.717) is 18.8 Å². The van der Waals surface area contributed by atoms with E-state index in [4.69, 9.17) is 9.47 Å². The van der Waals surface area contributed by atoms with Crippen LogP contribution < -0.4 is 9.46 Å². The van der Waals surface area contributed by atoms with Crippen molar-refractivity contribution in [2.24, 2.45) is 0 Å². The number of fused-ring (bicyclic) bond motifs is 1. The van der Waals surface area contributed by atoms with Gasteiger partial charge in [-0.2, -0.15) is 0 Å². The predicted molar refractivity (Wildman–Crippen MR) is 87.3 cm³/mol. The molecule has 0 saturated heterocycles. The van der Waals surface area contributed by atoms with Crippen molar-refractivity contribution in [1.82, 2.24) is 4.72 Å². The Morgan fingerprint density at radius 2 is 1.88 bits per heavy atom. The van der Waals surface area contributed by atoms with Crippen LogP contribution in [-0.2, 0) is 14.8 Å². The van der Waals surface area contributed by atoms with Crippen molar-refractivity contribution in [2.45, 2.75) is 24.3 Å². The van der Waals surface area contributed by atoms with Crippen molar-refractivity contribution in [1.29, 1.82) is 0 Å². The zero-order valence-electron chi connectivity index (χ0n) is 13.1. The molecule has 24 heavy (non-hydrogen) atoms. The predicted octanol–water partition coefficient (Wildman–Crippen LogP) is 2.93. The van der Waals surface area contributed by atoms with Gasteiger partial charge in [-0.25, -0.2) is 17.9 Å². The second kappa shape index (κ2) is 6.52. The summed E-state index contributed by atoms with van der Waals surface area (Å²) < 4.78 is 37.1. The second-order valence-electron chi connectivity index (χ2n) is 5.49. The van der Waals surface area contributed by atoms with Crippen molar-refractivity contribution in [2.75, 3.05) is 6.61 Å². The van der Waals surface area contributed by atoms with Crippen LogP contribution >= 0.6 is 0 Å². The molecule has 2 aromatic rings. The van der Waals surface area contributed by atoms with Gasteiger partial charge in [0.1, 0.15) is 11.9 Å². The van der Waals surface area contributed by atoms with Gasteiger partial charge in [-0.15, -0.1) is 0 Å².